The number of anilines is 1. The Morgan fingerprint density at radius 2 is 1.77 bits per heavy atom. The first kappa shape index (κ1) is 21.1. The second kappa shape index (κ2) is 10.2. The Bertz CT molecular complexity index is 980. The van der Waals surface area contributed by atoms with Gasteiger partial charge in [0, 0.05) is 24.7 Å². The van der Waals surface area contributed by atoms with Crippen LogP contribution in [0.3, 0.4) is 0 Å². The van der Waals surface area contributed by atoms with Crippen molar-refractivity contribution in [3.05, 3.63) is 83.4 Å². The van der Waals surface area contributed by atoms with E-state index in [4.69, 9.17) is 4.74 Å². The lowest BCUT2D eigenvalue weighted by Crippen LogP contribution is -2.48. The lowest BCUT2D eigenvalue weighted by molar-refractivity contribution is -0.122. The lowest BCUT2D eigenvalue weighted by Gasteiger charge is -2.28. The van der Waals surface area contributed by atoms with Crippen molar-refractivity contribution in [2.75, 3.05) is 18.0 Å². The van der Waals surface area contributed by atoms with Crippen LogP contribution in [0.2, 0.25) is 0 Å². The largest absolute Gasteiger partial charge is 0.445 e. The van der Waals surface area contributed by atoms with Gasteiger partial charge in [0.05, 0.1) is 0 Å². The Labute approximate surface area is 186 Å². The number of rotatable bonds is 7. The minimum Gasteiger partial charge on any atom is -0.445 e. The number of amides is 2. The molecule has 1 aliphatic heterocycles. The Morgan fingerprint density at radius 3 is 2.45 bits per heavy atom. The number of likely N-dealkylation sites (tertiary alicyclic amines) is 1. The first-order chi connectivity index (χ1) is 15.2. The molecule has 0 bridgehead atoms. The van der Waals surface area contributed by atoms with Crippen molar-refractivity contribution in [1.82, 2.24) is 9.88 Å². The number of hydrogen-bond acceptors (Lipinski definition) is 5. The van der Waals surface area contributed by atoms with E-state index in [0.717, 1.165) is 24.0 Å². The van der Waals surface area contributed by atoms with Crippen LogP contribution in [0.25, 0.3) is 0 Å². The molecule has 1 fully saturated rings. The third-order valence-corrected chi connectivity index (χ3v) is 6.16. The molecule has 2 amide bonds. The third kappa shape index (κ3) is 5.30. The van der Waals surface area contributed by atoms with Crippen LogP contribution < -0.4 is 4.90 Å². The molecule has 0 saturated carbocycles. The number of carbonyl (C=O) groups is 2. The molecule has 4 rings (SSSR count). The van der Waals surface area contributed by atoms with Gasteiger partial charge in [-0.3, -0.25) is 14.6 Å². The molecule has 31 heavy (non-hydrogen) atoms. The highest BCUT2D eigenvalue weighted by Crippen LogP contribution is 2.25. The average molecular weight is 436 g/mol. The lowest BCUT2D eigenvalue weighted by atomic mass is 10.1. The zero-order valence-electron chi connectivity index (χ0n) is 17.2. The predicted octanol–water partition coefficient (Wildman–Crippen LogP) is 4.52. The summed E-state index contributed by atoms with van der Waals surface area (Å²) in [4.78, 5) is 33.9. The summed E-state index contributed by atoms with van der Waals surface area (Å²) in [6.45, 7) is 1.23. The number of aromatic nitrogens is 1. The van der Waals surface area contributed by atoms with E-state index < -0.39 is 12.1 Å². The second-order valence-electron chi connectivity index (χ2n) is 7.43. The molecule has 1 unspecified atom stereocenters. The van der Waals surface area contributed by atoms with E-state index in [-0.39, 0.29) is 12.5 Å². The molecular weight excluding hydrogens is 410 g/mol. The minimum atomic E-state index is -0.525. The SMILES string of the molecule is O=C(C1CCCN1C(=O)OCc1ccccc1)N(CCc1ccccc1)c1nccs1. The molecule has 0 spiro atoms. The van der Waals surface area contributed by atoms with E-state index in [2.05, 4.69) is 4.98 Å². The number of nitrogens with zero attached hydrogens (tertiary/aromatic N) is 3. The molecule has 0 N–H and O–H groups in total. The van der Waals surface area contributed by atoms with Crippen LogP contribution in [0.5, 0.6) is 0 Å². The predicted molar refractivity (Wildman–Crippen MR) is 121 cm³/mol. The first-order valence-electron chi connectivity index (χ1n) is 10.4. The Morgan fingerprint density at radius 1 is 1.06 bits per heavy atom. The van der Waals surface area contributed by atoms with Gasteiger partial charge in [-0.15, -0.1) is 11.3 Å². The van der Waals surface area contributed by atoms with Crippen LogP contribution >= 0.6 is 11.3 Å². The Kier molecular flexibility index (Phi) is 6.94. The van der Waals surface area contributed by atoms with Gasteiger partial charge in [-0.25, -0.2) is 9.78 Å². The van der Waals surface area contributed by atoms with Crippen LogP contribution in [-0.2, 0) is 22.6 Å². The van der Waals surface area contributed by atoms with Gasteiger partial charge < -0.3 is 4.74 Å². The van der Waals surface area contributed by atoms with E-state index in [0.29, 0.717) is 24.6 Å². The smallest absolute Gasteiger partial charge is 0.410 e. The maximum Gasteiger partial charge on any atom is 0.410 e. The fourth-order valence-electron chi connectivity index (χ4n) is 3.76. The number of ether oxygens (including phenoxy) is 1. The summed E-state index contributed by atoms with van der Waals surface area (Å²) >= 11 is 1.43. The summed E-state index contributed by atoms with van der Waals surface area (Å²) in [7, 11) is 0. The summed E-state index contributed by atoms with van der Waals surface area (Å²) in [6, 6.07) is 19.1. The summed E-state index contributed by atoms with van der Waals surface area (Å²) < 4.78 is 5.50. The number of hydrogen-bond donors (Lipinski definition) is 0. The van der Waals surface area contributed by atoms with Crippen LogP contribution in [0.15, 0.2) is 72.2 Å². The number of carbonyl (C=O) groups excluding carboxylic acids is 2. The van der Waals surface area contributed by atoms with E-state index >= 15 is 0 Å². The Balaban J connectivity index is 1.44. The monoisotopic (exact) mass is 435 g/mol. The molecule has 7 heteroatoms. The Hall–Kier alpha value is -3.19. The van der Waals surface area contributed by atoms with Gasteiger partial charge in [0.2, 0.25) is 0 Å². The highest BCUT2D eigenvalue weighted by Gasteiger charge is 2.38. The van der Waals surface area contributed by atoms with Crippen molar-refractivity contribution >= 4 is 28.5 Å². The molecule has 6 nitrogen and oxygen atoms in total. The van der Waals surface area contributed by atoms with Crippen molar-refractivity contribution in [3.8, 4) is 0 Å². The van der Waals surface area contributed by atoms with Gasteiger partial charge in [-0.05, 0) is 30.4 Å². The van der Waals surface area contributed by atoms with E-state index in [1.165, 1.54) is 11.3 Å². The fourth-order valence-corrected chi connectivity index (χ4v) is 4.43. The number of thiazole rings is 1. The summed E-state index contributed by atoms with van der Waals surface area (Å²) in [5.41, 5.74) is 2.08. The van der Waals surface area contributed by atoms with Crippen LogP contribution in [0.4, 0.5) is 9.93 Å². The van der Waals surface area contributed by atoms with Crippen molar-refractivity contribution in [1.29, 1.82) is 0 Å². The molecule has 1 aromatic heterocycles. The van der Waals surface area contributed by atoms with Crippen LogP contribution in [0.1, 0.15) is 24.0 Å². The van der Waals surface area contributed by atoms with Gasteiger partial charge in [0.1, 0.15) is 12.6 Å². The van der Waals surface area contributed by atoms with Crippen molar-refractivity contribution in [3.63, 3.8) is 0 Å². The molecule has 0 aliphatic carbocycles. The molecule has 2 heterocycles. The quantitative estimate of drug-likeness (QED) is 0.547. The average Bonchev–Trinajstić information content (AvgIpc) is 3.51. The van der Waals surface area contributed by atoms with Gasteiger partial charge in [0.15, 0.2) is 5.13 Å². The second-order valence-corrected chi connectivity index (χ2v) is 8.30. The summed E-state index contributed by atoms with van der Waals surface area (Å²) in [6.07, 6.45) is 3.39. The van der Waals surface area contributed by atoms with Gasteiger partial charge in [-0.2, -0.15) is 0 Å². The normalized spacial score (nSPS) is 15.6. The maximum atomic E-state index is 13.5. The van der Waals surface area contributed by atoms with Gasteiger partial charge in [0.25, 0.3) is 5.91 Å². The molecule has 1 atom stereocenters. The van der Waals surface area contributed by atoms with E-state index in [1.807, 2.05) is 66.0 Å². The zero-order valence-corrected chi connectivity index (χ0v) is 18.0. The number of benzene rings is 2. The third-order valence-electron chi connectivity index (χ3n) is 5.36. The zero-order chi connectivity index (χ0) is 21.5. The van der Waals surface area contributed by atoms with Gasteiger partial charge in [-0.1, -0.05) is 60.7 Å². The molecule has 0 radical (unpaired) electrons. The molecule has 160 valence electrons. The standard InChI is InChI=1S/C24H25N3O3S/c28-22(27(23-25-14-17-31-23)16-13-19-8-3-1-4-9-19)21-12-7-15-26(21)24(29)30-18-20-10-5-2-6-11-20/h1-6,8-11,14,17,21H,7,12-13,15-16,18H2. The van der Waals surface area contributed by atoms with Crippen LogP contribution in [-0.4, -0.2) is 41.0 Å². The van der Waals surface area contributed by atoms with E-state index in [1.54, 1.807) is 16.0 Å². The van der Waals surface area contributed by atoms with Crippen LogP contribution in [0, 0.1) is 0 Å². The summed E-state index contributed by atoms with van der Waals surface area (Å²) in [5, 5.41) is 2.52. The van der Waals surface area contributed by atoms with Crippen molar-refractivity contribution in [2.45, 2.75) is 31.9 Å². The fraction of sp³-hybridized carbons (Fsp3) is 0.292. The highest BCUT2D eigenvalue weighted by molar-refractivity contribution is 7.13. The maximum absolute atomic E-state index is 13.5. The molecule has 1 saturated heterocycles. The van der Waals surface area contributed by atoms with Crippen molar-refractivity contribution < 1.29 is 14.3 Å². The molecule has 3 aromatic rings. The molecule has 2 aromatic carbocycles. The topological polar surface area (TPSA) is 62.7 Å². The minimum absolute atomic E-state index is 0.0972. The first-order valence-corrected chi connectivity index (χ1v) is 11.3. The summed E-state index contributed by atoms with van der Waals surface area (Å²) in [5.74, 6) is -0.0972. The van der Waals surface area contributed by atoms with Crippen molar-refractivity contribution in [2.24, 2.45) is 0 Å². The van der Waals surface area contributed by atoms with E-state index in [9.17, 15) is 9.59 Å². The van der Waals surface area contributed by atoms with Gasteiger partial charge >= 0.3 is 6.09 Å². The molecular formula is C24H25N3O3S. The highest BCUT2D eigenvalue weighted by atomic mass is 32.1. The molecule has 1 aliphatic rings.